The summed E-state index contributed by atoms with van der Waals surface area (Å²) in [7, 11) is -2.41. The number of rotatable bonds is 5. The van der Waals surface area contributed by atoms with Crippen molar-refractivity contribution in [2.45, 2.75) is 4.90 Å². The molecule has 1 heterocycles. The Morgan fingerprint density at radius 2 is 1.74 bits per heavy atom. The van der Waals surface area contributed by atoms with E-state index in [2.05, 4.69) is 15.3 Å². The second-order valence-corrected chi connectivity index (χ2v) is 8.69. The molecule has 3 aromatic carbocycles. The number of anilines is 2. The van der Waals surface area contributed by atoms with Crippen LogP contribution in [-0.4, -0.2) is 31.3 Å². The van der Waals surface area contributed by atoms with E-state index in [1.54, 1.807) is 48.5 Å². The Morgan fingerprint density at radius 1 is 1.00 bits per heavy atom. The van der Waals surface area contributed by atoms with Gasteiger partial charge in [-0.3, -0.25) is 13.9 Å². The van der Waals surface area contributed by atoms with Gasteiger partial charge in [0, 0.05) is 12.6 Å². The summed E-state index contributed by atoms with van der Waals surface area (Å²) in [5.41, 5.74) is 1.03. The number of para-hydroxylation sites is 2. The predicted molar refractivity (Wildman–Crippen MR) is 119 cm³/mol. The van der Waals surface area contributed by atoms with E-state index in [1.165, 1.54) is 37.6 Å². The highest BCUT2D eigenvalue weighted by Crippen LogP contribution is 2.23. The molecule has 0 atom stereocenters. The summed E-state index contributed by atoms with van der Waals surface area (Å²) in [4.78, 5) is 31.4. The minimum atomic E-state index is -3.87. The van der Waals surface area contributed by atoms with Gasteiger partial charge in [-0.1, -0.05) is 30.3 Å². The summed E-state index contributed by atoms with van der Waals surface area (Å²) in [6.07, 6.45) is 1.26. The van der Waals surface area contributed by atoms with Gasteiger partial charge >= 0.3 is 0 Å². The minimum Gasteiger partial charge on any atom is -0.320 e. The number of hydrogen-bond acceptors (Lipinski definition) is 5. The standard InChI is InChI=1S/C22H18N4O4S/c1-26(16-8-3-2-4-9-16)31(29,30)17-10-5-7-15(13-17)21(27)25-19-12-6-11-18-20(19)23-14-24-22(18)28/h2-14H,1H3,(H,25,27)(H,23,24,28). The summed E-state index contributed by atoms with van der Waals surface area (Å²) in [5, 5.41) is 3.04. The van der Waals surface area contributed by atoms with Crippen LogP contribution in [0, 0.1) is 0 Å². The van der Waals surface area contributed by atoms with Crippen molar-refractivity contribution in [1.82, 2.24) is 9.97 Å². The van der Waals surface area contributed by atoms with Gasteiger partial charge in [0.25, 0.3) is 21.5 Å². The van der Waals surface area contributed by atoms with E-state index in [-0.39, 0.29) is 16.0 Å². The maximum Gasteiger partial charge on any atom is 0.264 e. The van der Waals surface area contributed by atoms with Gasteiger partial charge in [0.05, 0.1) is 28.0 Å². The zero-order valence-electron chi connectivity index (χ0n) is 16.4. The molecule has 0 fully saturated rings. The Labute approximate surface area is 178 Å². The highest BCUT2D eigenvalue weighted by Gasteiger charge is 2.22. The van der Waals surface area contributed by atoms with E-state index in [0.717, 1.165) is 4.31 Å². The average Bonchev–Trinajstić information content (AvgIpc) is 2.80. The molecule has 0 saturated heterocycles. The fraction of sp³-hybridized carbons (Fsp3) is 0.0455. The summed E-state index contributed by atoms with van der Waals surface area (Å²) >= 11 is 0. The van der Waals surface area contributed by atoms with Crippen LogP contribution in [0.2, 0.25) is 0 Å². The summed E-state index contributed by atoms with van der Waals surface area (Å²) in [6, 6.07) is 19.3. The summed E-state index contributed by atoms with van der Waals surface area (Å²) < 4.78 is 27.2. The van der Waals surface area contributed by atoms with E-state index in [1.807, 2.05) is 0 Å². The molecule has 1 aromatic heterocycles. The molecule has 1 amide bonds. The lowest BCUT2D eigenvalue weighted by Crippen LogP contribution is -2.26. The molecular weight excluding hydrogens is 416 g/mol. The molecule has 0 aliphatic carbocycles. The lowest BCUT2D eigenvalue weighted by atomic mass is 10.2. The molecule has 9 heteroatoms. The summed E-state index contributed by atoms with van der Waals surface area (Å²) in [5.74, 6) is -0.519. The Hall–Kier alpha value is -3.98. The Kier molecular flexibility index (Phi) is 5.26. The van der Waals surface area contributed by atoms with Crippen molar-refractivity contribution in [3.63, 3.8) is 0 Å². The van der Waals surface area contributed by atoms with Crippen LogP contribution in [0.3, 0.4) is 0 Å². The van der Waals surface area contributed by atoms with E-state index in [0.29, 0.717) is 22.3 Å². The number of carbonyl (C=O) groups excluding carboxylic acids is 1. The molecule has 31 heavy (non-hydrogen) atoms. The normalized spacial score (nSPS) is 11.3. The Bertz CT molecular complexity index is 1430. The number of H-pyrrole nitrogens is 1. The van der Waals surface area contributed by atoms with Crippen LogP contribution >= 0.6 is 0 Å². The largest absolute Gasteiger partial charge is 0.320 e. The molecule has 0 radical (unpaired) electrons. The third kappa shape index (κ3) is 3.90. The molecule has 4 aromatic rings. The second-order valence-electron chi connectivity index (χ2n) is 6.72. The molecule has 2 N–H and O–H groups in total. The smallest absolute Gasteiger partial charge is 0.264 e. The third-order valence-corrected chi connectivity index (χ3v) is 6.57. The Morgan fingerprint density at radius 3 is 2.52 bits per heavy atom. The number of sulfonamides is 1. The van der Waals surface area contributed by atoms with E-state index < -0.39 is 15.9 Å². The average molecular weight is 434 g/mol. The van der Waals surface area contributed by atoms with Crippen LogP contribution in [0.5, 0.6) is 0 Å². The fourth-order valence-electron chi connectivity index (χ4n) is 3.13. The Balaban J connectivity index is 1.65. The molecule has 0 aliphatic rings. The molecular formula is C22H18N4O4S. The van der Waals surface area contributed by atoms with Gasteiger partial charge < -0.3 is 10.3 Å². The lowest BCUT2D eigenvalue weighted by molar-refractivity contribution is 0.102. The highest BCUT2D eigenvalue weighted by atomic mass is 32.2. The number of amides is 1. The monoisotopic (exact) mass is 434 g/mol. The molecule has 0 unspecified atom stereocenters. The fourth-order valence-corrected chi connectivity index (χ4v) is 4.37. The van der Waals surface area contributed by atoms with Crippen LogP contribution in [0.1, 0.15) is 10.4 Å². The zero-order valence-corrected chi connectivity index (χ0v) is 17.3. The number of fused-ring (bicyclic) bond motifs is 1. The molecule has 0 spiro atoms. The van der Waals surface area contributed by atoms with Crippen LogP contribution in [-0.2, 0) is 10.0 Å². The van der Waals surface area contributed by atoms with Gasteiger partial charge in [-0.2, -0.15) is 0 Å². The first kappa shape index (κ1) is 20.3. The maximum atomic E-state index is 13.0. The van der Waals surface area contributed by atoms with Crippen LogP contribution in [0.15, 0.2) is 88.8 Å². The lowest BCUT2D eigenvalue weighted by Gasteiger charge is -2.19. The number of carbonyl (C=O) groups is 1. The second kappa shape index (κ2) is 8.04. The van der Waals surface area contributed by atoms with Gasteiger partial charge in [-0.15, -0.1) is 0 Å². The number of aromatic nitrogens is 2. The van der Waals surface area contributed by atoms with Crippen molar-refractivity contribution >= 4 is 38.2 Å². The van der Waals surface area contributed by atoms with Crippen LogP contribution in [0.4, 0.5) is 11.4 Å². The van der Waals surface area contributed by atoms with Crippen molar-refractivity contribution in [3.8, 4) is 0 Å². The molecule has 156 valence electrons. The molecule has 8 nitrogen and oxygen atoms in total. The topological polar surface area (TPSA) is 112 Å². The van der Waals surface area contributed by atoms with E-state index in [9.17, 15) is 18.0 Å². The van der Waals surface area contributed by atoms with Crippen molar-refractivity contribution in [3.05, 3.63) is 95.0 Å². The SMILES string of the molecule is CN(c1ccccc1)S(=O)(=O)c1cccc(C(=O)Nc2cccc3c(=O)[nH]cnc23)c1. The van der Waals surface area contributed by atoms with E-state index in [4.69, 9.17) is 0 Å². The van der Waals surface area contributed by atoms with Crippen molar-refractivity contribution in [1.29, 1.82) is 0 Å². The third-order valence-electron chi connectivity index (χ3n) is 4.79. The highest BCUT2D eigenvalue weighted by molar-refractivity contribution is 7.92. The van der Waals surface area contributed by atoms with Gasteiger partial charge in [0.2, 0.25) is 0 Å². The van der Waals surface area contributed by atoms with Crippen molar-refractivity contribution in [2.24, 2.45) is 0 Å². The number of hydrogen-bond donors (Lipinski definition) is 2. The number of aromatic amines is 1. The number of nitrogens with zero attached hydrogens (tertiary/aromatic N) is 2. The zero-order chi connectivity index (χ0) is 22.0. The predicted octanol–water partition coefficient (Wildman–Crippen LogP) is 3.00. The number of nitrogens with one attached hydrogen (secondary N) is 2. The van der Waals surface area contributed by atoms with Crippen molar-refractivity contribution in [2.75, 3.05) is 16.7 Å². The molecule has 0 aliphatic heterocycles. The number of benzene rings is 3. The first-order valence-corrected chi connectivity index (χ1v) is 10.7. The summed E-state index contributed by atoms with van der Waals surface area (Å²) in [6.45, 7) is 0. The van der Waals surface area contributed by atoms with Gasteiger partial charge in [0.15, 0.2) is 0 Å². The van der Waals surface area contributed by atoms with Crippen LogP contribution < -0.4 is 15.2 Å². The molecule has 4 rings (SSSR count). The molecule has 0 bridgehead atoms. The van der Waals surface area contributed by atoms with Crippen molar-refractivity contribution < 1.29 is 13.2 Å². The van der Waals surface area contributed by atoms with Crippen LogP contribution in [0.25, 0.3) is 10.9 Å². The van der Waals surface area contributed by atoms with E-state index >= 15 is 0 Å². The minimum absolute atomic E-state index is 0.0148. The van der Waals surface area contributed by atoms with Gasteiger partial charge in [-0.05, 0) is 42.5 Å². The quantitative estimate of drug-likeness (QED) is 0.501. The first-order chi connectivity index (χ1) is 14.9. The van der Waals surface area contributed by atoms with Gasteiger partial charge in [-0.25, -0.2) is 13.4 Å². The maximum absolute atomic E-state index is 13.0. The molecule has 0 saturated carbocycles. The first-order valence-electron chi connectivity index (χ1n) is 9.30. The van der Waals surface area contributed by atoms with Gasteiger partial charge in [0.1, 0.15) is 5.52 Å².